The van der Waals surface area contributed by atoms with Crippen LogP contribution in [-0.2, 0) is 10.2 Å². The predicted octanol–water partition coefficient (Wildman–Crippen LogP) is 3.43. The first-order valence-corrected chi connectivity index (χ1v) is 7.65. The van der Waals surface area contributed by atoms with Crippen LogP contribution in [0.3, 0.4) is 0 Å². The number of hydrogen-bond acceptors (Lipinski definition) is 3. The van der Waals surface area contributed by atoms with Gasteiger partial charge in [-0.15, -0.1) is 0 Å². The second-order valence-electron chi connectivity index (χ2n) is 6.51. The number of fused-ring (bicyclic) bond motifs is 1. The van der Waals surface area contributed by atoms with Gasteiger partial charge in [0.05, 0.1) is 11.6 Å². The van der Waals surface area contributed by atoms with Crippen molar-refractivity contribution in [2.24, 2.45) is 0 Å². The molecule has 0 fully saturated rings. The summed E-state index contributed by atoms with van der Waals surface area (Å²) < 4.78 is 0. The van der Waals surface area contributed by atoms with Crippen LogP contribution in [0.1, 0.15) is 41.8 Å². The quantitative estimate of drug-likeness (QED) is 0.889. The topological polar surface area (TPSA) is 82.0 Å². The zero-order chi connectivity index (χ0) is 17.3. The Labute approximate surface area is 140 Å². The Bertz CT molecular complexity index is 861. The van der Waals surface area contributed by atoms with Crippen LogP contribution in [0.25, 0.3) is 0 Å². The minimum absolute atomic E-state index is 0.0443. The van der Waals surface area contributed by atoms with Gasteiger partial charge in [-0.25, -0.2) is 0 Å². The summed E-state index contributed by atoms with van der Waals surface area (Å²) in [5.41, 5.74) is 3.07. The molecule has 2 aromatic carbocycles. The zero-order valence-corrected chi connectivity index (χ0v) is 13.5. The predicted molar refractivity (Wildman–Crippen MR) is 91.8 cm³/mol. The van der Waals surface area contributed by atoms with Crippen molar-refractivity contribution in [2.45, 2.75) is 25.7 Å². The highest BCUT2D eigenvalue weighted by molar-refractivity contribution is 6.06. The first kappa shape index (κ1) is 15.8. The lowest BCUT2D eigenvalue weighted by molar-refractivity contribution is -0.117. The third kappa shape index (κ3) is 2.99. The van der Waals surface area contributed by atoms with E-state index >= 15 is 0 Å². The molecule has 0 aromatic heterocycles. The number of carbonyl (C=O) groups is 2. The molecule has 1 aliphatic heterocycles. The van der Waals surface area contributed by atoms with Crippen LogP contribution in [0.2, 0.25) is 0 Å². The van der Waals surface area contributed by atoms with E-state index in [-0.39, 0.29) is 17.2 Å². The van der Waals surface area contributed by atoms with Crippen LogP contribution in [0.4, 0.5) is 11.4 Å². The molecule has 2 aromatic rings. The molecule has 3 rings (SSSR count). The lowest BCUT2D eigenvalue weighted by atomic mass is 9.77. The smallest absolute Gasteiger partial charge is 0.255 e. The van der Waals surface area contributed by atoms with E-state index in [0.717, 1.165) is 5.56 Å². The van der Waals surface area contributed by atoms with Crippen LogP contribution in [0.15, 0.2) is 42.5 Å². The van der Waals surface area contributed by atoms with Gasteiger partial charge in [-0.3, -0.25) is 9.59 Å². The maximum absolute atomic E-state index is 12.4. The fourth-order valence-electron chi connectivity index (χ4n) is 2.90. The molecule has 2 amide bonds. The fraction of sp³-hybridized carbons (Fsp3) is 0.211. The second kappa shape index (κ2) is 5.82. The summed E-state index contributed by atoms with van der Waals surface area (Å²) in [4.78, 5) is 24.2. The Balaban J connectivity index is 1.85. The Morgan fingerprint density at radius 2 is 1.92 bits per heavy atom. The van der Waals surface area contributed by atoms with E-state index in [2.05, 4.69) is 10.6 Å². The largest absolute Gasteiger partial charge is 0.326 e. The van der Waals surface area contributed by atoms with Gasteiger partial charge < -0.3 is 10.6 Å². The van der Waals surface area contributed by atoms with E-state index in [1.807, 2.05) is 26.0 Å². The van der Waals surface area contributed by atoms with Crippen molar-refractivity contribution >= 4 is 23.2 Å². The Kier molecular flexibility index (Phi) is 3.82. The lowest BCUT2D eigenvalue weighted by Gasteiger charge is -2.32. The van der Waals surface area contributed by atoms with Crippen molar-refractivity contribution in [3.05, 3.63) is 59.2 Å². The number of hydrogen-bond donors (Lipinski definition) is 2. The van der Waals surface area contributed by atoms with Crippen LogP contribution < -0.4 is 10.6 Å². The van der Waals surface area contributed by atoms with Crippen LogP contribution >= 0.6 is 0 Å². The van der Waals surface area contributed by atoms with Crippen molar-refractivity contribution in [2.75, 3.05) is 10.6 Å². The number of rotatable bonds is 2. The third-order valence-corrected chi connectivity index (χ3v) is 4.16. The number of anilines is 2. The van der Waals surface area contributed by atoms with Crippen LogP contribution in [-0.4, -0.2) is 11.8 Å². The molecule has 2 N–H and O–H groups in total. The molecular formula is C19H17N3O2. The number of carbonyl (C=O) groups excluding carboxylic acids is 2. The van der Waals surface area contributed by atoms with E-state index in [1.165, 1.54) is 0 Å². The molecule has 0 saturated heterocycles. The maximum atomic E-state index is 12.4. The van der Waals surface area contributed by atoms with Crippen molar-refractivity contribution in [1.82, 2.24) is 0 Å². The number of nitrogens with zero attached hydrogens (tertiary/aromatic N) is 1. The molecule has 0 saturated carbocycles. The summed E-state index contributed by atoms with van der Waals surface area (Å²) in [5.74, 6) is -0.308. The summed E-state index contributed by atoms with van der Waals surface area (Å²) in [6.07, 6.45) is 0.427. The summed E-state index contributed by atoms with van der Waals surface area (Å²) >= 11 is 0. The molecular weight excluding hydrogens is 302 g/mol. The van der Waals surface area contributed by atoms with Crippen molar-refractivity contribution in [3.8, 4) is 6.07 Å². The average Bonchev–Trinajstić information content (AvgIpc) is 2.54. The molecule has 0 radical (unpaired) electrons. The molecule has 0 atom stereocenters. The Hall–Kier alpha value is -3.13. The first-order chi connectivity index (χ1) is 11.4. The Morgan fingerprint density at radius 1 is 1.21 bits per heavy atom. The standard InChI is InChI=1S/C19H17N3O2/c1-19(2)10-17(23)22-16-9-13(5-8-15(16)19)18(24)21-14-6-3-12(11-20)4-7-14/h3-9H,10H2,1-2H3,(H,21,24)(H,22,23). The van der Waals surface area contributed by atoms with E-state index in [4.69, 9.17) is 5.26 Å². The van der Waals surface area contributed by atoms with Gasteiger partial charge in [-0.1, -0.05) is 19.9 Å². The number of nitrogens with one attached hydrogen (secondary N) is 2. The fourth-order valence-corrected chi connectivity index (χ4v) is 2.90. The normalized spacial score (nSPS) is 15.0. The van der Waals surface area contributed by atoms with Gasteiger partial charge in [-0.2, -0.15) is 5.26 Å². The summed E-state index contributed by atoms with van der Waals surface area (Å²) in [5, 5.41) is 14.4. The third-order valence-electron chi connectivity index (χ3n) is 4.16. The van der Waals surface area contributed by atoms with Crippen molar-refractivity contribution in [1.29, 1.82) is 5.26 Å². The monoisotopic (exact) mass is 319 g/mol. The summed E-state index contributed by atoms with van der Waals surface area (Å²) in [6, 6.07) is 14.0. The minimum atomic E-state index is -0.264. The van der Waals surface area contributed by atoms with E-state index in [1.54, 1.807) is 36.4 Å². The van der Waals surface area contributed by atoms with E-state index in [0.29, 0.717) is 28.9 Å². The highest BCUT2D eigenvalue weighted by atomic mass is 16.2. The van der Waals surface area contributed by atoms with Gasteiger partial charge in [0.1, 0.15) is 0 Å². The highest BCUT2D eigenvalue weighted by Gasteiger charge is 2.32. The van der Waals surface area contributed by atoms with Gasteiger partial charge >= 0.3 is 0 Å². The molecule has 24 heavy (non-hydrogen) atoms. The maximum Gasteiger partial charge on any atom is 0.255 e. The van der Waals surface area contributed by atoms with E-state index in [9.17, 15) is 9.59 Å². The lowest BCUT2D eigenvalue weighted by Crippen LogP contribution is -2.32. The van der Waals surface area contributed by atoms with E-state index < -0.39 is 0 Å². The van der Waals surface area contributed by atoms with Crippen molar-refractivity contribution in [3.63, 3.8) is 0 Å². The molecule has 0 bridgehead atoms. The van der Waals surface area contributed by atoms with Gasteiger partial charge in [0.15, 0.2) is 0 Å². The first-order valence-electron chi connectivity index (χ1n) is 7.65. The molecule has 1 aliphatic rings. The Morgan fingerprint density at radius 3 is 2.58 bits per heavy atom. The molecule has 0 aliphatic carbocycles. The average molecular weight is 319 g/mol. The highest BCUT2D eigenvalue weighted by Crippen LogP contribution is 2.37. The van der Waals surface area contributed by atoms with Gasteiger partial charge in [0.25, 0.3) is 5.91 Å². The minimum Gasteiger partial charge on any atom is -0.326 e. The summed E-state index contributed by atoms with van der Waals surface area (Å²) in [6.45, 7) is 4.03. The zero-order valence-electron chi connectivity index (χ0n) is 13.5. The SMILES string of the molecule is CC1(C)CC(=O)Nc2cc(C(=O)Nc3ccc(C#N)cc3)ccc21. The molecule has 5 heteroatoms. The summed E-state index contributed by atoms with van der Waals surface area (Å²) in [7, 11) is 0. The molecule has 1 heterocycles. The van der Waals surface area contributed by atoms with Gasteiger partial charge in [0.2, 0.25) is 5.91 Å². The van der Waals surface area contributed by atoms with Gasteiger partial charge in [-0.05, 0) is 42.0 Å². The molecule has 0 unspecified atom stereocenters. The van der Waals surface area contributed by atoms with Crippen LogP contribution in [0.5, 0.6) is 0 Å². The number of nitriles is 1. The molecule has 120 valence electrons. The van der Waals surface area contributed by atoms with Crippen molar-refractivity contribution < 1.29 is 9.59 Å². The number of amides is 2. The molecule has 0 spiro atoms. The second-order valence-corrected chi connectivity index (χ2v) is 6.51. The molecule has 5 nitrogen and oxygen atoms in total. The van der Waals surface area contributed by atoms with Gasteiger partial charge in [0, 0.05) is 28.8 Å². The van der Waals surface area contributed by atoms with Crippen LogP contribution in [0, 0.1) is 11.3 Å². The number of benzene rings is 2.